The van der Waals surface area contributed by atoms with Crippen LogP contribution < -0.4 is 10.6 Å². The van der Waals surface area contributed by atoms with Crippen LogP contribution in [0.15, 0.2) is 84.1 Å². The molecule has 0 aliphatic carbocycles. The number of hydrogen-bond acceptors (Lipinski definition) is 2. The highest BCUT2D eigenvalue weighted by atomic mass is 16.2. The van der Waals surface area contributed by atoms with Crippen molar-refractivity contribution in [3.05, 3.63) is 89.6 Å². The van der Waals surface area contributed by atoms with Gasteiger partial charge in [0.2, 0.25) is 0 Å². The van der Waals surface area contributed by atoms with Gasteiger partial charge in [0.05, 0.1) is 5.57 Å². The Kier molecular flexibility index (Phi) is 18.6. The molecule has 0 saturated carbocycles. The van der Waals surface area contributed by atoms with Gasteiger partial charge in [-0.15, -0.1) is 0 Å². The van der Waals surface area contributed by atoms with Gasteiger partial charge in [0, 0.05) is 16.9 Å². The minimum absolute atomic E-state index is 0.254. The van der Waals surface area contributed by atoms with E-state index >= 15 is 0 Å². The lowest BCUT2D eigenvalue weighted by molar-refractivity contribution is -0.112. The normalized spacial score (nSPS) is 10.0. The van der Waals surface area contributed by atoms with E-state index < -0.39 is 0 Å². The number of carbonyl (C=O) groups is 2. The van der Waals surface area contributed by atoms with E-state index in [9.17, 15) is 9.59 Å². The fraction of sp³-hybridized carbons (Fsp3) is 0.308. The molecule has 2 amide bonds. The Morgan fingerprint density at radius 1 is 0.700 bits per heavy atom. The monoisotopic (exact) mass is 410 g/mol. The van der Waals surface area contributed by atoms with E-state index in [0.29, 0.717) is 22.5 Å². The molecule has 0 aliphatic heterocycles. The molecule has 0 heterocycles. The average Bonchev–Trinajstić information content (AvgIpc) is 2.83. The molecule has 2 aromatic carbocycles. The third kappa shape index (κ3) is 10.4. The van der Waals surface area contributed by atoms with E-state index in [4.69, 9.17) is 0 Å². The molecule has 0 spiro atoms. The second kappa shape index (κ2) is 19.2. The van der Waals surface area contributed by atoms with Crippen LogP contribution in [0.3, 0.4) is 0 Å². The van der Waals surface area contributed by atoms with Crippen LogP contribution in [0.5, 0.6) is 0 Å². The fourth-order valence-electron chi connectivity index (χ4n) is 2.21. The van der Waals surface area contributed by atoms with E-state index in [1.807, 2.05) is 77.9 Å². The van der Waals surface area contributed by atoms with Crippen LogP contribution in [0.1, 0.15) is 65.7 Å². The summed E-state index contributed by atoms with van der Waals surface area (Å²) in [7, 11) is 0. The van der Waals surface area contributed by atoms with Gasteiger partial charge in [-0.1, -0.05) is 90.1 Å². The predicted octanol–water partition coefficient (Wildman–Crippen LogP) is 6.98. The molecule has 4 nitrogen and oxygen atoms in total. The number of amides is 2. The third-order valence-corrected chi connectivity index (χ3v) is 3.43. The number of nitrogens with one attached hydrogen (secondary N) is 2. The summed E-state index contributed by atoms with van der Waals surface area (Å²) in [6.45, 7) is 15.5. The minimum Gasteiger partial charge on any atom is -0.322 e. The van der Waals surface area contributed by atoms with Crippen molar-refractivity contribution < 1.29 is 9.59 Å². The second-order valence-electron chi connectivity index (χ2n) is 5.04. The van der Waals surface area contributed by atoms with Gasteiger partial charge in [-0.3, -0.25) is 9.59 Å². The molecule has 0 unspecified atom stereocenters. The first-order chi connectivity index (χ1) is 14.7. The maximum atomic E-state index is 12.5. The number of anilines is 1. The molecule has 0 bridgehead atoms. The standard InChI is InChI=1S/C20H20N2O2.3C2H6/c1-3-17(20(24)21-16-13-9-6-10-14-16)18(4-2)22-19(23)15-11-7-5-8-12-15;3*1-2/h3-14H,1-2H3,(H,21,24)(H,22,23);3*1-2H3/b17-3+,18-4+;;;. The van der Waals surface area contributed by atoms with Crippen molar-refractivity contribution in [1.82, 2.24) is 5.32 Å². The van der Waals surface area contributed by atoms with Crippen molar-refractivity contribution in [3.63, 3.8) is 0 Å². The zero-order chi connectivity index (χ0) is 23.4. The van der Waals surface area contributed by atoms with Crippen LogP contribution in [0.4, 0.5) is 5.69 Å². The maximum Gasteiger partial charge on any atom is 0.257 e. The van der Waals surface area contributed by atoms with Crippen LogP contribution in [0.25, 0.3) is 0 Å². The van der Waals surface area contributed by atoms with Crippen molar-refractivity contribution in [2.24, 2.45) is 0 Å². The van der Waals surface area contributed by atoms with Crippen molar-refractivity contribution in [2.45, 2.75) is 55.4 Å². The van der Waals surface area contributed by atoms with Gasteiger partial charge >= 0.3 is 0 Å². The molecule has 0 atom stereocenters. The number of benzene rings is 2. The first kappa shape index (κ1) is 29.1. The molecule has 2 aromatic rings. The zero-order valence-corrected chi connectivity index (χ0v) is 19.7. The van der Waals surface area contributed by atoms with Crippen molar-refractivity contribution in [3.8, 4) is 0 Å². The quantitative estimate of drug-likeness (QED) is 0.412. The van der Waals surface area contributed by atoms with Crippen LogP contribution in [0.2, 0.25) is 0 Å². The number of carbonyl (C=O) groups excluding carboxylic acids is 2. The molecule has 0 saturated heterocycles. The lowest BCUT2D eigenvalue weighted by Gasteiger charge is -2.13. The molecular formula is C26H38N2O2. The second-order valence-corrected chi connectivity index (χ2v) is 5.04. The number of hydrogen-bond donors (Lipinski definition) is 2. The van der Waals surface area contributed by atoms with E-state index in [1.165, 1.54) is 0 Å². The highest BCUT2D eigenvalue weighted by Gasteiger charge is 2.16. The van der Waals surface area contributed by atoms with Crippen LogP contribution in [0, 0.1) is 0 Å². The Bertz CT molecular complexity index is 764. The molecule has 0 aromatic heterocycles. The zero-order valence-electron chi connectivity index (χ0n) is 19.7. The van der Waals surface area contributed by atoms with E-state index in [-0.39, 0.29) is 11.8 Å². The van der Waals surface area contributed by atoms with E-state index in [2.05, 4.69) is 10.6 Å². The average molecular weight is 411 g/mol. The van der Waals surface area contributed by atoms with Gasteiger partial charge in [0.1, 0.15) is 0 Å². The highest BCUT2D eigenvalue weighted by Crippen LogP contribution is 2.13. The number of para-hydroxylation sites is 1. The fourth-order valence-corrected chi connectivity index (χ4v) is 2.21. The first-order valence-corrected chi connectivity index (χ1v) is 10.7. The number of allylic oxidation sites excluding steroid dienone is 2. The van der Waals surface area contributed by atoms with Gasteiger partial charge in [0.15, 0.2) is 0 Å². The minimum atomic E-state index is -0.273. The Hall–Kier alpha value is -3.14. The van der Waals surface area contributed by atoms with Crippen LogP contribution >= 0.6 is 0 Å². The largest absolute Gasteiger partial charge is 0.322 e. The van der Waals surface area contributed by atoms with Gasteiger partial charge in [-0.2, -0.15) is 0 Å². The highest BCUT2D eigenvalue weighted by molar-refractivity contribution is 6.08. The predicted molar refractivity (Wildman–Crippen MR) is 131 cm³/mol. The molecule has 30 heavy (non-hydrogen) atoms. The van der Waals surface area contributed by atoms with Gasteiger partial charge in [-0.05, 0) is 38.1 Å². The Morgan fingerprint density at radius 2 is 1.17 bits per heavy atom. The summed E-state index contributed by atoms with van der Waals surface area (Å²) in [5, 5.41) is 5.62. The summed E-state index contributed by atoms with van der Waals surface area (Å²) in [6.07, 6.45) is 3.39. The van der Waals surface area contributed by atoms with Crippen molar-refractivity contribution in [2.75, 3.05) is 5.32 Å². The molecule has 2 rings (SSSR count). The van der Waals surface area contributed by atoms with Crippen LogP contribution in [-0.2, 0) is 4.79 Å². The molecule has 4 heteroatoms. The SMILES string of the molecule is C/C=C(NC(=O)c1ccccc1)\C(=C/C)C(=O)Nc1ccccc1.CC.CC.CC. The van der Waals surface area contributed by atoms with E-state index in [1.54, 1.807) is 50.3 Å². The summed E-state index contributed by atoms with van der Waals surface area (Å²) in [5.74, 6) is -0.527. The third-order valence-electron chi connectivity index (χ3n) is 3.43. The number of rotatable bonds is 5. The van der Waals surface area contributed by atoms with Gasteiger partial charge < -0.3 is 10.6 Å². The molecule has 0 fully saturated rings. The topological polar surface area (TPSA) is 58.2 Å². The molecule has 0 radical (unpaired) electrons. The Labute approximate surface area is 183 Å². The van der Waals surface area contributed by atoms with Crippen LogP contribution in [-0.4, -0.2) is 11.8 Å². The summed E-state index contributed by atoms with van der Waals surface area (Å²) < 4.78 is 0. The maximum absolute atomic E-state index is 12.5. The Balaban J connectivity index is 0. The molecule has 2 N–H and O–H groups in total. The first-order valence-electron chi connectivity index (χ1n) is 10.7. The molecular weight excluding hydrogens is 372 g/mol. The summed E-state index contributed by atoms with van der Waals surface area (Å²) in [6, 6.07) is 18.1. The summed E-state index contributed by atoms with van der Waals surface area (Å²) >= 11 is 0. The Morgan fingerprint density at radius 3 is 1.60 bits per heavy atom. The lowest BCUT2D eigenvalue weighted by atomic mass is 10.1. The lowest BCUT2D eigenvalue weighted by Crippen LogP contribution is -2.28. The summed E-state index contributed by atoms with van der Waals surface area (Å²) in [4.78, 5) is 24.8. The van der Waals surface area contributed by atoms with Crippen molar-refractivity contribution in [1.29, 1.82) is 0 Å². The molecule has 0 aliphatic rings. The van der Waals surface area contributed by atoms with Crippen molar-refractivity contribution >= 4 is 17.5 Å². The molecule has 164 valence electrons. The van der Waals surface area contributed by atoms with Gasteiger partial charge in [0.25, 0.3) is 11.8 Å². The smallest absolute Gasteiger partial charge is 0.257 e. The summed E-state index contributed by atoms with van der Waals surface area (Å²) in [5.41, 5.74) is 2.12. The van der Waals surface area contributed by atoms with Gasteiger partial charge in [-0.25, -0.2) is 0 Å². The van der Waals surface area contributed by atoms with E-state index in [0.717, 1.165) is 0 Å².